The number of nitrogens with zero attached hydrogens (tertiary/aromatic N) is 2. The van der Waals surface area contributed by atoms with Gasteiger partial charge in [0.05, 0.1) is 0 Å². The maximum Gasteiger partial charge on any atom is 0.336 e. The van der Waals surface area contributed by atoms with Gasteiger partial charge in [-0.15, -0.1) is 12.3 Å². The lowest BCUT2D eigenvalue weighted by Crippen LogP contribution is -2.17. The molecule has 2 aromatic rings. The summed E-state index contributed by atoms with van der Waals surface area (Å²) in [4.78, 5) is 23.2. The van der Waals surface area contributed by atoms with Crippen molar-refractivity contribution in [2.75, 3.05) is 5.32 Å². The van der Waals surface area contributed by atoms with Gasteiger partial charge in [0.15, 0.2) is 5.66 Å². The van der Waals surface area contributed by atoms with E-state index >= 15 is 0 Å². The van der Waals surface area contributed by atoms with E-state index in [2.05, 4.69) is 21.5 Å². The van der Waals surface area contributed by atoms with Crippen molar-refractivity contribution in [3.63, 3.8) is 0 Å². The molecule has 1 aliphatic heterocycles. The van der Waals surface area contributed by atoms with Gasteiger partial charge in [-0.2, -0.15) is 10.2 Å². The topological polar surface area (TPSA) is 84.0 Å². The molecule has 1 N–H and O–H groups in total. The highest BCUT2D eigenvalue weighted by molar-refractivity contribution is 5.93. The Kier molecular flexibility index (Phi) is 3.94. The first-order valence-corrected chi connectivity index (χ1v) is 7.32. The fourth-order valence-corrected chi connectivity index (χ4v) is 2.35. The Morgan fingerprint density at radius 1 is 1.26 bits per heavy atom. The smallest absolute Gasteiger partial charge is 0.336 e. The third kappa shape index (κ3) is 3.64. The van der Waals surface area contributed by atoms with Crippen LogP contribution in [0.1, 0.15) is 25.7 Å². The van der Waals surface area contributed by atoms with E-state index in [1.165, 1.54) is 6.07 Å². The highest BCUT2D eigenvalue weighted by Gasteiger charge is 2.39. The fourth-order valence-electron chi connectivity index (χ4n) is 2.35. The highest BCUT2D eigenvalue weighted by Crippen LogP contribution is 2.37. The van der Waals surface area contributed by atoms with Crippen molar-refractivity contribution in [2.24, 2.45) is 10.2 Å². The minimum Gasteiger partial charge on any atom is -0.423 e. The van der Waals surface area contributed by atoms with Crippen LogP contribution in [-0.4, -0.2) is 11.6 Å². The Bertz CT molecular complexity index is 871. The lowest BCUT2D eigenvalue weighted by molar-refractivity contribution is -0.116. The molecule has 0 bridgehead atoms. The molecule has 1 aliphatic rings. The van der Waals surface area contributed by atoms with Gasteiger partial charge < -0.3 is 9.73 Å². The molecule has 2 heterocycles. The first kappa shape index (κ1) is 15.0. The zero-order chi connectivity index (χ0) is 16.3. The molecule has 0 saturated carbocycles. The Hall–Kier alpha value is -2.94. The van der Waals surface area contributed by atoms with Crippen LogP contribution < -0.4 is 10.9 Å². The molecule has 0 fully saturated rings. The SMILES string of the molecule is C#CCCC1(CCC(=O)Nc2ccc3oc(=O)ccc3c2)N=N1. The summed E-state index contributed by atoms with van der Waals surface area (Å²) >= 11 is 0. The number of hydrogen-bond donors (Lipinski definition) is 1. The van der Waals surface area contributed by atoms with Crippen LogP contribution in [0.5, 0.6) is 0 Å². The van der Waals surface area contributed by atoms with Crippen LogP contribution in [0, 0.1) is 12.3 Å². The van der Waals surface area contributed by atoms with Crippen LogP contribution in [0.3, 0.4) is 0 Å². The maximum atomic E-state index is 12.0. The van der Waals surface area contributed by atoms with Crippen LogP contribution in [-0.2, 0) is 4.79 Å². The molecule has 23 heavy (non-hydrogen) atoms. The molecular weight excluding hydrogens is 294 g/mol. The number of nitrogens with one attached hydrogen (secondary N) is 1. The number of rotatable bonds is 6. The Balaban J connectivity index is 1.59. The van der Waals surface area contributed by atoms with Gasteiger partial charge in [-0.05, 0) is 24.3 Å². The van der Waals surface area contributed by atoms with Crippen molar-refractivity contribution in [1.82, 2.24) is 0 Å². The van der Waals surface area contributed by atoms with Crippen molar-refractivity contribution in [3.8, 4) is 12.3 Å². The van der Waals surface area contributed by atoms with E-state index in [1.54, 1.807) is 24.3 Å². The Morgan fingerprint density at radius 2 is 2.09 bits per heavy atom. The van der Waals surface area contributed by atoms with E-state index in [-0.39, 0.29) is 5.91 Å². The predicted molar refractivity (Wildman–Crippen MR) is 86.0 cm³/mol. The molecule has 1 aromatic carbocycles. The second-order valence-electron chi connectivity index (χ2n) is 5.44. The maximum absolute atomic E-state index is 12.0. The molecule has 0 unspecified atom stereocenters. The largest absolute Gasteiger partial charge is 0.423 e. The third-order valence-electron chi connectivity index (χ3n) is 3.71. The lowest BCUT2D eigenvalue weighted by atomic mass is 10.0. The third-order valence-corrected chi connectivity index (χ3v) is 3.71. The first-order valence-electron chi connectivity index (χ1n) is 7.32. The summed E-state index contributed by atoms with van der Waals surface area (Å²) in [5.41, 5.74) is 0.290. The van der Waals surface area contributed by atoms with Gasteiger partial charge in [-0.25, -0.2) is 4.79 Å². The number of hydrogen-bond acceptors (Lipinski definition) is 5. The number of terminal acetylenes is 1. The van der Waals surface area contributed by atoms with E-state index in [1.807, 2.05) is 0 Å². The highest BCUT2D eigenvalue weighted by atomic mass is 16.4. The van der Waals surface area contributed by atoms with Crippen molar-refractivity contribution >= 4 is 22.6 Å². The van der Waals surface area contributed by atoms with E-state index in [4.69, 9.17) is 10.8 Å². The van der Waals surface area contributed by atoms with Crippen LogP contribution in [0.25, 0.3) is 11.0 Å². The normalized spacial score (nSPS) is 14.4. The predicted octanol–water partition coefficient (Wildman–Crippen LogP) is 3.09. The fraction of sp³-hybridized carbons (Fsp3) is 0.294. The van der Waals surface area contributed by atoms with Gasteiger partial charge in [0, 0.05) is 42.8 Å². The Labute approximate surface area is 132 Å². The summed E-state index contributed by atoms with van der Waals surface area (Å²) in [7, 11) is 0. The monoisotopic (exact) mass is 309 g/mol. The van der Waals surface area contributed by atoms with Gasteiger partial charge in [0.1, 0.15) is 5.58 Å². The van der Waals surface area contributed by atoms with E-state index in [0.29, 0.717) is 37.0 Å². The summed E-state index contributed by atoms with van der Waals surface area (Å²) in [6, 6.07) is 8.12. The number of carbonyl (C=O) groups is 1. The number of benzene rings is 1. The number of amides is 1. The minimum atomic E-state index is -0.448. The molecule has 6 nitrogen and oxygen atoms in total. The molecule has 1 aromatic heterocycles. The molecular formula is C17H15N3O3. The van der Waals surface area contributed by atoms with Gasteiger partial charge in [-0.3, -0.25) is 4.79 Å². The van der Waals surface area contributed by atoms with Crippen LogP contribution in [0.15, 0.2) is 49.8 Å². The van der Waals surface area contributed by atoms with Crippen molar-refractivity contribution < 1.29 is 9.21 Å². The standard InChI is InChI=1S/C17H15N3O3/c1-2-3-9-17(19-20-17)10-8-15(21)18-13-5-6-14-12(11-13)4-7-16(22)23-14/h1,4-7,11H,3,8-10H2,(H,18,21). The molecule has 0 radical (unpaired) electrons. The summed E-state index contributed by atoms with van der Waals surface area (Å²) in [5.74, 6) is 2.45. The van der Waals surface area contributed by atoms with Crippen LogP contribution >= 0.6 is 0 Å². The van der Waals surface area contributed by atoms with Gasteiger partial charge in [-0.1, -0.05) is 0 Å². The van der Waals surface area contributed by atoms with E-state index < -0.39 is 11.3 Å². The summed E-state index contributed by atoms with van der Waals surface area (Å²) in [5, 5.41) is 11.6. The molecule has 0 spiro atoms. The van der Waals surface area contributed by atoms with Crippen LogP contribution in [0.4, 0.5) is 5.69 Å². The van der Waals surface area contributed by atoms with E-state index in [0.717, 1.165) is 5.39 Å². The zero-order valence-electron chi connectivity index (χ0n) is 12.4. The molecule has 0 atom stereocenters. The lowest BCUT2D eigenvalue weighted by Gasteiger charge is -2.09. The molecule has 0 aliphatic carbocycles. The molecule has 0 saturated heterocycles. The van der Waals surface area contributed by atoms with Gasteiger partial charge in [0.2, 0.25) is 5.91 Å². The van der Waals surface area contributed by atoms with Crippen LogP contribution in [0.2, 0.25) is 0 Å². The Morgan fingerprint density at radius 3 is 2.83 bits per heavy atom. The average molecular weight is 309 g/mol. The second kappa shape index (κ2) is 6.05. The minimum absolute atomic E-state index is 0.112. The van der Waals surface area contributed by atoms with Crippen molar-refractivity contribution in [2.45, 2.75) is 31.3 Å². The molecule has 116 valence electrons. The van der Waals surface area contributed by atoms with Gasteiger partial charge >= 0.3 is 5.63 Å². The summed E-state index contributed by atoms with van der Waals surface area (Å²) in [6.07, 6.45) is 7.40. The van der Waals surface area contributed by atoms with Crippen molar-refractivity contribution in [3.05, 3.63) is 40.8 Å². The average Bonchev–Trinajstić information content (AvgIpc) is 3.32. The number of carbonyl (C=O) groups excluding carboxylic acids is 1. The first-order chi connectivity index (χ1) is 11.1. The summed E-state index contributed by atoms with van der Waals surface area (Å²) < 4.78 is 5.05. The zero-order valence-corrected chi connectivity index (χ0v) is 12.4. The molecule has 3 rings (SSSR count). The number of anilines is 1. The van der Waals surface area contributed by atoms with Gasteiger partial charge in [0.25, 0.3) is 0 Å². The van der Waals surface area contributed by atoms with E-state index in [9.17, 15) is 9.59 Å². The number of fused-ring (bicyclic) bond motifs is 1. The molecule has 6 heteroatoms. The van der Waals surface area contributed by atoms with Crippen molar-refractivity contribution in [1.29, 1.82) is 0 Å². The molecule has 1 amide bonds. The quantitative estimate of drug-likeness (QED) is 0.657. The second-order valence-corrected chi connectivity index (χ2v) is 5.44. The summed E-state index contributed by atoms with van der Waals surface area (Å²) in [6.45, 7) is 0.